The number of aryl methyl sites for hydroxylation is 2. The van der Waals surface area contributed by atoms with Crippen molar-refractivity contribution in [2.45, 2.75) is 20.8 Å². The highest BCUT2D eigenvalue weighted by Crippen LogP contribution is 2.19. The smallest absolute Gasteiger partial charge is 0.279 e. The van der Waals surface area contributed by atoms with Crippen molar-refractivity contribution in [2.24, 2.45) is 0 Å². The van der Waals surface area contributed by atoms with E-state index < -0.39 is 0 Å². The largest absolute Gasteiger partial charge is 1.00 e. The van der Waals surface area contributed by atoms with Gasteiger partial charge in [-0.1, -0.05) is 18.2 Å². The van der Waals surface area contributed by atoms with Gasteiger partial charge in [0.1, 0.15) is 0 Å². The summed E-state index contributed by atoms with van der Waals surface area (Å²) >= 11 is 0. The monoisotopic (exact) mass is 362 g/mol. The van der Waals surface area contributed by atoms with Crippen LogP contribution in [-0.2, 0) is 4.79 Å². The van der Waals surface area contributed by atoms with Crippen LogP contribution >= 0.6 is 0 Å². The highest BCUT2D eigenvalue weighted by atomic mass is 127. The Morgan fingerprint density at radius 3 is 2.17 bits per heavy atom. The lowest BCUT2D eigenvalue weighted by Crippen LogP contribution is -3.00. The number of rotatable bonds is 4. The number of benzene rings is 1. The van der Waals surface area contributed by atoms with Crippen molar-refractivity contribution in [3.8, 4) is 0 Å². The van der Waals surface area contributed by atoms with Crippen molar-refractivity contribution in [2.75, 3.05) is 32.5 Å². The van der Waals surface area contributed by atoms with Gasteiger partial charge in [0, 0.05) is 5.69 Å². The van der Waals surface area contributed by atoms with Crippen molar-refractivity contribution in [1.29, 1.82) is 0 Å². The highest BCUT2D eigenvalue weighted by molar-refractivity contribution is 5.93. The van der Waals surface area contributed by atoms with E-state index in [0.29, 0.717) is 11.0 Å². The number of hydrogen-bond acceptors (Lipinski definition) is 1. The second-order valence-electron chi connectivity index (χ2n) is 5.23. The Labute approximate surface area is 127 Å². The van der Waals surface area contributed by atoms with Crippen molar-refractivity contribution in [1.82, 2.24) is 0 Å². The van der Waals surface area contributed by atoms with Crippen molar-refractivity contribution in [3.63, 3.8) is 0 Å². The molecule has 1 rings (SSSR count). The summed E-state index contributed by atoms with van der Waals surface area (Å²) < 4.78 is 0.705. The number of halogens is 1. The molecule has 0 unspecified atom stereocenters. The molecule has 0 fully saturated rings. The molecule has 0 aliphatic heterocycles. The number of para-hydroxylation sites is 1. The molecule has 0 aromatic heterocycles. The molecule has 0 atom stereocenters. The lowest BCUT2D eigenvalue weighted by Gasteiger charge is -2.27. The normalized spacial score (nSPS) is 10.7. The molecule has 0 radical (unpaired) electrons. The van der Waals surface area contributed by atoms with Crippen molar-refractivity contribution < 1.29 is 33.3 Å². The van der Waals surface area contributed by atoms with Crippen molar-refractivity contribution in [3.05, 3.63) is 29.3 Å². The number of carbonyl (C=O) groups is 1. The van der Waals surface area contributed by atoms with E-state index in [9.17, 15) is 4.79 Å². The van der Waals surface area contributed by atoms with Gasteiger partial charge in [-0.2, -0.15) is 0 Å². The first-order chi connectivity index (χ1) is 7.85. The number of hydrogen-bond donors (Lipinski definition) is 1. The number of carbonyl (C=O) groups excluding carboxylic acids is 1. The van der Waals surface area contributed by atoms with Gasteiger partial charge in [-0.15, -0.1) is 0 Å². The first-order valence-corrected chi connectivity index (χ1v) is 6.04. The van der Waals surface area contributed by atoms with Crippen molar-refractivity contribution >= 4 is 11.6 Å². The SMILES string of the molecule is CC[N+](C)(C)CC(=O)Nc1c(C)cccc1C.[I-]. The topological polar surface area (TPSA) is 29.1 Å². The molecule has 1 aromatic carbocycles. The van der Waals surface area contributed by atoms with E-state index in [1.165, 1.54) is 0 Å². The molecule has 0 aliphatic rings. The summed E-state index contributed by atoms with van der Waals surface area (Å²) in [6, 6.07) is 6.04. The first-order valence-electron chi connectivity index (χ1n) is 6.04. The number of quaternary nitrogens is 1. The zero-order valence-electron chi connectivity index (χ0n) is 11.9. The molecule has 18 heavy (non-hydrogen) atoms. The summed E-state index contributed by atoms with van der Waals surface area (Å²) in [5.74, 6) is 0.0780. The molecule has 1 amide bonds. The maximum absolute atomic E-state index is 12.0. The van der Waals surface area contributed by atoms with Crippen LogP contribution in [0.3, 0.4) is 0 Å². The summed E-state index contributed by atoms with van der Waals surface area (Å²) in [5.41, 5.74) is 3.17. The third-order valence-corrected chi connectivity index (χ3v) is 3.17. The third kappa shape index (κ3) is 4.94. The van der Waals surface area contributed by atoms with Gasteiger partial charge >= 0.3 is 0 Å². The molecule has 0 saturated carbocycles. The number of anilines is 1. The first kappa shape index (κ1) is 17.4. The molecule has 3 nitrogen and oxygen atoms in total. The molecule has 102 valence electrons. The van der Waals surface area contributed by atoms with Gasteiger partial charge in [0.15, 0.2) is 6.54 Å². The zero-order valence-corrected chi connectivity index (χ0v) is 14.0. The van der Waals surface area contributed by atoms with E-state index in [4.69, 9.17) is 0 Å². The Morgan fingerprint density at radius 2 is 1.72 bits per heavy atom. The molecule has 0 spiro atoms. The van der Waals surface area contributed by atoms with Crippen LogP contribution in [0, 0.1) is 13.8 Å². The number of amides is 1. The maximum Gasteiger partial charge on any atom is 0.279 e. The number of nitrogens with zero attached hydrogens (tertiary/aromatic N) is 1. The van der Waals surface area contributed by atoms with Crippen LogP contribution in [0.2, 0.25) is 0 Å². The van der Waals surface area contributed by atoms with Gasteiger partial charge in [-0.3, -0.25) is 4.79 Å². The van der Waals surface area contributed by atoms with Crippen LogP contribution in [0.5, 0.6) is 0 Å². The average Bonchev–Trinajstić information content (AvgIpc) is 2.23. The molecule has 0 aliphatic carbocycles. The van der Waals surface area contributed by atoms with Crippen LogP contribution in [0.15, 0.2) is 18.2 Å². The minimum Gasteiger partial charge on any atom is -1.00 e. The molecular weight excluding hydrogens is 339 g/mol. The second kappa shape index (κ2) is 7.09. The number of nitrogens with one attached hydrogen (secondary N) is 1. The van der Waals surface area contributed by atoms with E-state index in [-0.39, 0.29) is 29.9 Å². The molecule has 1 N–H and O–H groups in total. The quantitative estimate of drug-likeness (QED) is 0.560. The third-order valence-electron chi connectivity index (χ3n) is 3.17. The molecular formula is C14H23IN2O. The molecule has 0 saturated heterocycles. The zero-order chi connectivity index (χ0) is 13.1. The van der Waals surface area contributed by atoms with E-state index in [2.05, 4.69) is 26.3 Å². The summed E-state index contributed by atoms with van der Waals surface area (Å²) in [6.07, 6.45) is 0. The molecule has 0 bridgehead atoms. The maximum atomic E-state index is 12.0. The summed E-state index contributed by atoms with van der Waals surface area (Å²) in [5, 5.41) is 3.01. The lowest BCUT2D eigenvalue weighted by atomic mass is 10.1. The standard InChI is InChI=1S/C14H22N2O.HI/c1-6-16(4,5)10-13(17)15-14-11(2)8-7-9-12(14)3;/h7-9H,6,10H2,1-5H3;1H. The fraction of sp³-hybridized carbons (Fsp3) is 0.500. The Bertz CT molecular complexity index is 396. The highest BCUT2D eigenvalue weighted by Gasteiger charge is 2.18. The van der Waals surface area contributed by atoms with Gasteiger partial charge in [0.2, 0.25) is 0 Å². The molecule has 1 aromatic rings. The van der Waals surface area contributed by atoms with Gasteiger partial charge < -0.3 is 33.8 Å². The Hall–Kier alpha value is -0.620. The van der Waals surface area contributed by atoms with E-state index in [1.54, 1.807) is 0 Å². The summed E-state index contributed by atoms with van der Waals surface area (Å²) in [6.45, 7) is 7.57. The predicted octanol–water partition coefficient (Wildman–Crippen LogP) is -0.658. The fourth-order valence-electron chi connectivity index (χ4n) is 1.69. The Kier molecular flexibility index (Phi) is 6.84. The van der Waals surface area contributed by atoms with Gasteiger partial charge in [-0.25, -0.2) is 0 Å². The minimum atomic E-state index is 0. The molecule has 4 heteroatoms. The van der Waals surface area contributed by atoms with Gasteiger partial charge in [0.05, 0.1) is 20.6 Å². The van der Waals surface area contributed by atoms with Gasteiger partial charge in [-0.05, 0) is 31.9 Å². The van der Waals surface area contributed by atoms with Gasteiger partial charge in [0.25, 0.3) is 5.91 Å². The minimum absolute atomic E-state index is 0. The van der Waals surface area contributed by atoms with Crippen LogP contribution in [0.1, 0.15) is 18.1 Å². The average molecular weight is 362 g/mol. The van der Waals surface area contributed by atoms with Crippen LogP contribution < -0.4 is 29.3 Å². The van der Waals surface area contributed by atoms with E-state index in [1.807, 2.05) is 32.0 Å². The Balaban J connectivity index is 0.00000289. The second-order valence-corrected chi connectivity index (χ2v) is 5.23. The fourth-order valence-corrected chi connectivity index (χ4v) is 1.69. The van der Waals surface area contributed by atoms with E-state index in [0.717, 1.165) is 23.4 Å². The summed E-state index contributed by atoms with van der Waals surface area (Å²) in [7, 11) is 4.12. The van der Waals surface area contributed by atoms with E-state index >= 15 is 0 Å². The summed E-state index contributed by atoms with van der Waals surface area (Å²) in [4.78, 5) is 12.0. The molecule has 0 heterocycles. The van der Waals surface area contributed by atoms with Crippen LogP contribution in [-0.4, -0.2) is 37.6 Å². The van der Waals surface area contributed by atoms with Crippen LogP contribution in [0.25, 0.3) is 0 Å². The lowest BCUT2D eigenvalue weighted by molar-refractivity contribution is -0.880. The van der Waals surface area contributed by atoms with Crippen LogP contribution in [0.4, 0.5) is 5.69 Å². The number of likely N-dealkylation sites (N-methyl/N-ethyl adjacent to an activating group) is 1. The Morgan fingerprint density at radius 1 is 1.22 bits per heavy atom. The predicted molar refractivity (Wildman–Crippen MR) is 72.1 cm³/mol.